The minimum atomic E-state index is -1.03. The molecule has 0 spiro atoms. The van der Waals surface area contributed by atoms with E-state index < -0.39 is 22.0 Å². The Morgan fingerprint density at radius 2 is 1.22 bits per heavy atom. The van der Waals surface area contributed by atoms with Crippen LogP contribution >= 0.6 is 0 Å². The summed E-state index contributed by atoms with van der Waals surface area (Å²) in [6.45, 7) is -0.235. The van der Waals surface area contributed by atoms with Gasteiger partial charge in [0.25, 0.3) is 11.9 Å². The van der Waals surface area contributed by atoms with Gasteiger partial charge in [-0.05, 0) is 0 Å². The Hall–Kier alpha value is -2.74. The van der Waals surface area contributed by atoms with Crippen molar-refractivity contribution in [1.82, 2.24) is 10.0 Å². The van der Waals surface area contributed by atoms with Crippen molar-refractivity contribution in [3.8, 4) is 0 Å². The molecule has 0 bridgehead atoms. The number of hydrogen-bond acceptors (Lipinski definition) is 6. The Bertz CT molecular complexity index is 342. The number of hydrazone groups is 2. The number of nitro groups is 2. The number of hydrazine groups is 2. The summed E-state index contributed by atoms with van der Waals surface area (Å²) in [6, 6.07) is 0. The van der Waals surface area contributed by atoms with Gasteiger partial charge in [-0.1, -0.05) is 0 Å². The lowest BCUT2D eigenvalue weighted by Crippen LogP contribution is -2.51. The second-order valence-corrected chi connectivity index (χ2v) is 2.78. The molecule has 0 amide bonds. The van der Waals surface area contributed by atoms with Gasteiger partial charge in [0.2, 0.25) is 0 Å². The summed E-state index contributed by atoms with van der Waals surface area (Å²) in [5.74, 6) is 9.47. The van der Waals surface area contributed by atoms with Crippen molar-refractivity contribution in [2.24, 2.45) is 33.4 Å². The lowest BCUT2D eigenvalue weighted by Gasteiger charge is -2.19. The van der Waals surface area contributed by atoms with Gasteiger partial charge in [0.15, 0.2) is 10.1 Å². The predicted molar refractivity (Wildman–Crippen MR) is 59.0 cm³/mol. The number of hydrogen-bond donors (Lipinski definition) is 4. The SMILES string of the molecule is N/C(=N\[N+](=O)[O-])N(N)CCN(N)/C(N)=N/[N+](=O)[O-]. The molecule has 0 rings (SSSR count). The molecule has 0 aliphatic carbocycles. The Kier molecular flexibility index (Phi) is 5.73. The molecule has 0 aromatic heterocycles. The van der Waals surface area contributed by atoms with Gasteiger partial charge in [-0.3, -0.25) is 10.0 Å². The number of rotatable bonds is 5. The number of nitrogens with zero attached hydrogens (tertiary/aromatic N) is 6. The molecule has 14 heteroatoms. The second kappa shape index (κ2) is 6.76. The lowest BCUT2D eigenvalue weighted by atomic mass is 10.6. The van der Waals surface area contributed by atoms with Crippen LogP contribution in [0.5, 0.6) is 0 Å². The van der Waals surface area contributed by atoms with E-state index in [-0.39, 0.29) is 13.1 Å². The average molecular weight is 264 g/mol. The molecule has 0 saturated carbocycles. The topological polar surface area (TPSA) is 222 Å². The van der Waals surface area contributed by atoms with E-state index in [2.05, 4.69) is 10.2 Å². The number of nitrogens with two attached hydrogens (primary N) is 4. The van der Waals surface area contributed by atoms with Crippen molar-refractivity contribution in [2.75, 3.05) is 13.1 Å². The maximum Gasteiger partial charge on any atom is 0.282 e. The van der Waals surface area contributed by atoms with E-state index in [1.807, 2.05) is 0 Å². The van der Waals surface area contributed by atoms with Gasteiger partial charge < -0.3 is 11.5 Å². The summed E-state index contributed by atoms with van der Waals surface area (Å²) >= 11 is 0. The standard InChI is InChI=1S/C4H12N10O4/c5-3(9-13(15)16)11(7)1-2-12(8)4(6)10-14(17)18/h1-2,7-8H2,(H2,5,9)(H2,6,10). The maximum atomic E-state index is 9.99. The summed E-state index contributed by atoms with van der Waals surface area (Å²) in [6.07, 6.45) is 0. The van der Waals surface area contributed by atoms with Crippen LogP contribution in [-0.4, -0.2) is 45.1 Å². The Labute approximate surface area is 99.7 Å². The van der Waals surface area contributed by atoms with Gasteiger partial charge in [-0.2, -0.15) is 0 Å². The molecule has 0 radical (unpaired) electrons. The molecule has 0 aromatic carbocycles. The van der Waals surface area contributed by atoms with Crippen LogP contribution in [-0.2, 0) is 0 Å². The third-order valence-electron chi connectivity index (χ3n) is 1.54. The zero-order valence-electron chi connectivity index (χ0n) is 9.04. The first kappa shape index (κ1) is 15.3. The molecule has 0 aromatic rings. The highest BCUT2D eigenvalue weighted by atomic mass is 16.7. The Morgan fingerprint density at radius 3 is 1.44 bits per heavy atom. The molecular formula is C4H12N10O4. The first-order valence-electron chi connectivity index (χ1n) is 4.25. The molecule has 0 atom stereocenters. The van der Waals surface area contributed by atoms with Gasteiger partial charge in [-0.25, -0.2) is 31.9 Å². The third kappa shape index (κ3) is 5.98. The Balaban J connectivity index is 4.33. The maximum absolute atomic E-state index is 9.99. The van der Waals surface area contributed by atoms with Crippen molar-refractivity contribution in [2.45, 2.75) is 0 Å². The average Bonchev–Trinajstić information content (AvgIpc) is 2.23. The molecule has 0 saturated heterocycles. The van der Waals surface area contributed by atoms with Crippen LogP contribution in [0.1, 0.15) is 0 Å². The summed E-state index contributed by atoms with van der Waals surface area (Å²) in [5, 5.41) is 24.8. The van der Waals surface area contributed by atoms with E-state index in [0.29, 0.717) is 0 Å². The fourth-order valence-corrected chi connectivity index (χ4v) is 0.727. The zero-order chi connectivity index (χ0) is 14.3. The quantitative estimate of drug-likeness (QED) is 0.125. The van der Waals surface area contributed by atoms with Crippen molar-refractivity contribution >= 4 is 11.9 Å². The highest BCUT2D eigenvalue weighted by Gasteiger charge is 2.11. The van der Waals surface area contributed by atoms with Crippen LogP contribution in [0.15, 0.2) is 10.2 Å². The van der Waals surface area contributed by atoms with Crippen molar-refractivity contribution in [3.05, 3.63) is 20.2 Å². The van der Waals surface area contributed by atoms with Gasteiger partial charge in [0, 0.05) is 0 Å². The van der Waals surface area contributed by atoms with Crippen LogP contribution in [0.25, 0.3) is 0 Å². The molecule has 0 fully saturated rings. The minimum Gasteiger partial charge on any atom is -0.363 e. The van der Waals surface area contributed by atoms with Crippen LogP contribution in [0.3, 0.4) is 0 Å². The Morgan fingerprint density at radius 1 is 0.944 bits per heavy atom. The van der Waals surface area contributed by atoms with Crippen molar-refractivity contribution in [1.29, 1.82) is 0 Å². The zero-order valence-corrected chi connectivity index (χ0v) is 9.04. The molecule has 0 heterocycles. The van der Waals surface area contributed by atoms with E-state index in [9.17, 15) is 20.2 Å². The first-order valence-corrected chi connectivity index (χ1v) is 4.25. The van der Waals surface area contributed by atoms with Crippen LogP contribution in [0.2, 0.25) is 0 Å². The molecule has 0 unspecified atom stereocenters. The smallest absolute Gasteiger partial charge is 0.282 e. The highest BCUT2D eigenvalue weighted by molar-refractivity contribution is 5.77. The lowest BCUT2D eigenvalue weighted by molar-refractivity contribution is -0.485. The van der Waals surface area contributed by atoms with E-state index >= 15 is 0 Å². The molecule has 18 heavy (non-hydrogen) atoms. The monoisotopic (exact) mass is 264 g/mol. The molecule has 0 aliphatic rings. The fourth-order valence-electron chi connectivity index (χ4n) is 0.727. The van der Waals surface area contributed by atoms with E-state index in [0.717, 1.165) is 10.0 Å². The number of guanidine groups is 2. The summed E-state index contributed by atoms with van der Waals surface area (Å²) in [5.41, 5.74) is 10.3. The largest absolute Gasteiger partial charge is 0.363 e. The van der Waals surface area contributed by atoms with Gasteiger partial charge in [-0.15, -0.1) is 0 Å². The first-order chi connectivity index (χ1) is 8.23. The predicted octanol–water partition coefficient (Wildman–Crippen LogP) is -3.65. The molecule has 0 aliphatic heterocycles. The van der Waals surface area contributed by atoms with E-state index in [4.69, 9.17) is 23.2 Å². The van der Waals surface area contributed by atoms with Crippen molar-refractivity contribution < 1.29 is 10.1 Å². The van der Waals surface area contributed by atoms with E-state index in [1.54, 1.807) is 0 Å². The molecule has 14 nitrogen and oxygen atoms in total. The highest BCUT2D eigenvalue weighted by Crippen LogP contribution is 1.84. The van der Waals surface area contributed by atoms with Gasteiger partial charge in [0.05, 0.1) is 13.1 Å². The summed E-state index contributed by atoms with van der Waals surface area (Å²) in [7, 11) is 0. The van der Waals surface area contributed by atoms with Crippen LogP contribution < -0.4 is 23.2 Å². The molecule has 8 N–H and O–H groups in total. The van der Waals surface area contributed by atoms with Crippen LogP contribution in [0, 0.1) is 20.2 Å². The molecular weight excluding hydrogens is 252 g/mol. The molecule has 102 valence electrons. The van der Waals surface area contributed by atoms with Crippen LogP contribution in [0.4, 0.5) is 0 Å². The fraction of sp³-hybridized carbons (Fsp3) is 0.500. The van der Waals surface area contributed by atoms with E-state index in [1.165, 1.54) is 0 Å². The van der Waals surface area contributed by atoms with Gasteiger partial charge >= 0.3 is 0 Å². The second-order valence-electron chi connectivity index (χ2n) is 2.78. The normalized spacial score (nSPS) is 12.1. The third-order valence-corrected chi connectivity index (χ3v) is 1.54. The summed E-state index contributed by atoms with van der Waals surface area (Å²) < 4.78 is 0. The van der Waals surface area contributed by atoms with Crippen molar-refractivity contribution in [3.63, 3.8) is 0 Å². The minimum absolute atomic E-state index is 0.117. The van der Waals surface area contributed by atoms with Gasteiger partial charge in [0.1, 0.15) is 10.2 Å². The summed E-state index contributed by atoms with van der Waals surface area (Å²) in [4.78, 5) is 20.0.